The SMILES string of the molecule is CC(C)N1CCN(C[C@@H](C(=O)N2CCN(c3ncnc4c3[C@H](C)CC4)CC2)c2ccc(Cl)c(F)c2)CC1. The van der Waals surface area contributed by atoms with Crippen LogP contribution < -0.4 is 4.90 Å². The van der Waals surface area contributed by atoms with Gasteiger partial charge < -0.3 is 9.80 Å². The molecule has 0 N–H and O–H groups in total. The van der Waals surface area contributed by atoms with Crippen LogP contribution in [0.4, 0.5) is 10.2 Å². The third-order valence-corrected chi connectivity index (χ3v) is 8.67. The molecule has 7 nitrogen and oxygen atoms in total. The predicted octanol–water partition coefficient (Wildman–Crippen LogP) is 3.78. The van der Waals surface area contributed by atoms with Crippen LogP contribution in [0.1, 0.15) is 55.8 Å². The van der Waals surface area contributed by atoms with E-state index in [4.69, 9.17) is 11.6 Å². The first-order chi connectivity index (χ1) is 17.8. The first-order valence-electron chi connectivity index (χ1n) is 13.6. The van der Waals surface area contributed by atoms with Crippen molar-refractivity contribution in [1.82, 2.24) is 24.7 Å². The molecule has 2 atom stereocenters. The summed E-state index contributed by atoms with van der Waals surface area (Å²) in [5.41, 5.74) is 3.14. The number of aromatic nitrogens is 2. The van der Waals surface area contributed by atoms with E-state index in [-0.39, 0.29) is 10.9 Å². The van der Waals surface area contributed by atoms with E-state index >= 15 is 0 Å². The average molecular weight is 529 g/mol. The fraction of sp³-hybridized carbons (Fsp3) is 0.607. The molecule has 2 fully saturated rings. The molecule has 37 heavy (non-hydrogen) atoms. The standard InChI is InChI=1S/C28H38ClFN6O/c1-19(2)34-10-8-33(9-11-34)17-22(21-5-6-23(29)24(30)16-21)28(37)36-14-12-35(13-15-36)27-26-20(3)4-7-25(26)31-18-32-27/h5-6,16,18-20,22H,4,7-15,17H2,1-3H3/t20-,22-/m1/s1. The molecule has 2 aromatic rings. The fourth-order valence-electron chi connectivity index (χ4n) is 6.01. The Kier molecular flexibility index (Phi) is 7.98. The van der Waals surface area contributed by atoms with Crippen molar-refractivity contribution in [1.29, 1.82) is 0 Å². The monoisotopic (exact) mass is 528 g/mol. The molecule has 0 radical (unpaired) electrons. The first kappa shape index (κ1) is 26.3. The van der Waals surface area contributed by atoms with Crippen molar-refractivity contribution in [2.45, 2.75) is 51.5 Å². The lowest BCUT2D eigenvalue weighted by molar-refractivity contribution is -0.133. The van der Waals surface area contributed by atoms with Crippen LogP contribution in [-0.4, -0.2) is 95.5 Å². The zero-order valence-electron chi connectivity index (χ0n) is 22.2. The van der Waals surface area contributed by atoms with Crippen LogP contribution >= 0.6 is 11.6 Å². The molecule has 2 aliphatic heterocycles. The third-order valence-electron chi connectivity index (χ3n) is 8.37. The molecule has 2 saturated heterocycles. The minimum Gasteiger partial charge on any atom is -0.353 e. The van der Waals surface area contributed by atoms with Crippen LogP contribution in [-0.2, 0) is 11.2 Å². The van der Waals surface area contributed by atoms with Crippen LogP contribution in [0, 0.1) is 5.82 Å². The minimum atomic E-state index is -0.474. The van der Waals surface area contributed by atoms with Crippen LogP contribution in [0.15, 0.2) is 24.5 Å². The lowest BCUT2D eigenvalue weighted by atomic mass is 9.95. The normalized spacial score (nSPS) is 21.9. The van der Waals surface area contributed by atoms with E-state index in [1.807, 2.05) is 4.90 Å². The highest BCUT2D eigenvalue weighted by atomic mass is 35.5. The van der Waals surface area contributed by atoms with Crippen molar-refractivity contribution in [3.63, 3.8) is 0 Å². The summed E-state index contributed by atoms with van der Waals surface area (Å²) in [6.45, 7) is 13.8. The van der Waals surface area contributed by atoms with Gasteiger partial charge in [-0.3, -0.25) is 14.6 Å². The third kappa shape index (κ3) is 5.61. The summed E-state index contributed by atoms with van der Waals surface area (Å²) in [6.07, 6.45) is 3.80. The molecule has 1 aliphatic carbocycles. The quantitative estimate of drug-likeness (QED) is 0.569. The molecule has 9 heteroatoms. The summed E-state index contributed by atoms with van der Waals surface area (Å²) < 4.78 is 14.4. The zero-order chi connectivity index (χ0) is 26.1. The number of anilines is 1. The van der Waals surface area contributed by atoms with E-state index in [0.29, 0.717) is 37.2 Å². The van der Waals surface area contributed by atoms with Gasteiger partial charge in [-0.25, -0.2) is 14.4 Å². The number of rotatable bonds is 6. The molecule has 1 amide bonds. The van der Waals surface area contributed by atoms with Gasteiger partial charge in [0.25, 0.3) is 0 Å². The maximum absolute atomic E-state index is 14.4. The summed E-state index contributed by atoms with van der Waals surface area (Å²) in [6, 6.07) is 5.33. The predicted molar refractivity (Wildman–Crippen MR) is 145 cm³/mol. The van der Waals surface area contributed by atoms with Crippen LogP contribution in [0.25, 0.3) is 0 Å². The van der Waals surface area contributed by atoms with Crippen molar-refractivity contribution in [2.75, 3.05) is 63.8 Å². The van der Waals surface area contributed by atoms with Crippen molar-refractivity contribution >= 4 is 23.3 Å². The van der Waals surface area contributed by atoms with Crippen molar-refractivity contribution < 1.29 is 9.18 Å². The highest BCUT2D eigenvalue weighted by Crippen LogP contribution is 2.37. The number of hydrogen-bond acceptors (Lipinski definition) is 6. The minimum absolute atomic E-state index is 0.0638. The summed E-state index contributed by atoms with van der Waals surface area (Å²) in [5.74, 6) is 0.659. The Balaban J connectivity index is 1.29. The number of fused-ring (bicyclic) bond motifs is 1. The molecule has 200 valence electrons. The zero-order valence-corrected chi connectivity index (χ0v) is 22.9. The fourth-order valence-corrected chi connectivity index (χ4v) is 6.13. The first-order valence-corrected chi connectivity index (χ1v) is 14.0. The molecule has 0 unspecified atom stereocenters. The average Bonchev–Trinajstić information content (AvgIpc) is 3.30. The van der Waals surface area contributed by atoms with Crippen molar-refractivity contribution in [3.8, 4) is 0 Å². The van der Waals surface area contributed by atoms with Gasteiger partial charge in [0.15, 0.2) is 0 Å². The number of halogens is 2. The molecule has 0 spiro atoms. The molecular weight excluding hydrogens is 491 g/mol. The van der Waals surface area contributed by atoms with Crippen LogP contribution in [0.5, 0.6) is 0 Å². The Morgan fingerprint density at radius 3 is 2.49 bits per heavy atom. The Morgan fingerprint density at radius 2 is 1.81 bits per heavy atom. The highest BCUT2D eigenvalue weighted by Gasteiger charge is 2.33. The van der Waals surface area contributed by atoms with E-state index in [9.17, 15) is 9.18 Å². The van der Waals surface area contributed by atoms with Gasteiger partial charge in [0.1, 0.15) is 18.0 Å². The second-order valence-corrected chi connectivity index (χ2v) is 11.4. The second kappa shape index (κ2) is 11.2. The number of piperazine rings is 2. The van der Waals surface area contributed by atoms with Crippen molar-refractivity contribution in [3.05, 3.63) is 52.2 Å². The molecule has 0 bridgehead atoms. The summed E-state index contributed by atoms with van der Waals surface area (Å²) in [7, 11) is 0. The van der Waals surface area contributed by atoms with Gasteiger partial charge in [-0.1, -0.05) is 24.6 Å². The van der Waals surface area contributed by atoms with E-state index in [0.717, 1.165) is 57.9 Å². The molecule has 5 rings (SSSR count). The second-order valence-electron chi connectivity index (χ2n) is 11.0. The maximum atomic E-state index is 14.4. The van der Waals surface area contributed by atoms with Crippen LogP contribution in [0.3, 0.4) is 0 Å². The molecular formula is C28H38ClFN6O. The molecule has 1 aromatic heterocycles. The number of nitrogens with zero attached hydrogens (tertiary/aromatic N) is 6. The van der Waals surface area contributed by atoms with Crippen LogP contribution in [0.2, 0.25) is 5.02 Å². The largest absolute Gasteiger partial charge is 0.353 e. The maximum Gasteiger partial charge on any atom is 0.231 e. The van der Waals surface area contributed by atoms with E-state index < -0.39 is 11.7 Å². The Bertz CT molecular complexity index is 1110. The molecule has 3 heterocycles. The van der Waals surface area contributed by atoms with Gasteiger partial charge in [-0.05, 0) is 50.3 Å². The number of hydrogen-bond donors (Lipinski definition) is 0. The lowest BCUT2D eigenvalue weighted by Gasteiger charge is -2.40. The highest BCUT2D eigenvalue weighted by molar-refractivity contribution is 6.30. The van der Waals surface area contributed by atoms with Gasteiger partial charge >= 0.3 is 0 Å². The molecule has 1 aromatic carbocycles. The van der Waals surface area contributed by atoms with E-state index in [1.54, 1.807) is 18.5 Å². The van der Waals surface area contributed by atoms with E-state index in [1.165, 1.54) is 17.3 Å². The smallest absolute Gasteiger partial charge is 0.231 e. The number of benzene rings is 1. The van der Waals surface area contributed by atoms with Gasteiger partial charge in [0.05, 0.1) is 10.9 Å². The summed E-state index contributed by atoms with van der Waals surface area (Å²) >= 11 is 5.97. The number of carbonyl (C=O) groups is 1. The van der Waals surface area contributed by atoms with Gasteiger partial charge in [0, 0.05) is 76.2 Å². The summed E-state index contributed by atoms with van der Waals surface area (Å²) in [4.78, 5) is 32.1. The summed E-state index contributed by atoms with van der Waals surface area (Å²) in [5, 5.41) is 0.0840. The Morgan fingerprint density at radius 1 is 1.08 bits per heavy atom. The topological polar surface area (TPSA) is 55.8 Å². The lowest BCUT2D eigenvalue weighted by Crippen LogP contribution is -2.53. The molecule has 0 saturated carbocycles. The van der Waals surface area contributed by atoms with Gasteiger partial charge in [-0.2, -0.15) is 0 Å². The number of carbonyl (C=O) groups excluding carboxylic acids is 1. The van der Waals surface area contributed by atoms with Crippen molar-refractivity contribution in [2.24, 2.45) is 0 Å². The number of amides is 1. The van der Waals surface area contributed by atoms with Gasteiger partial charge in [0.2, 0.25) is 5.91 Å². The Labute approximate surface area is 224 Å². The number of aryl methyl sites for hydroxylation is 1. The Hall–Kier alpha value is -2.29. The van der Waals surface area contributed by atoms with Gasteiger partial charge in [-0.15, -0.1) is 0 Å². The molecule has 3 aliphatic rings. The van der Waals surface area contributed by atoms with E-state index in [2.05, 4.69) is 45.4 Å².